The normalized spacial score (nSPS) is 13.6. The summed E-state index contributed by atoms with van der Waals surface area (Å²) in [6, 6.07) is 16.7. The van der Waals surface area contributed by atoms with Crippen molar-refractivity contribution in [2.24, 2.45) is 0 Å². The van der Waals surface area contributed by atoms with Crippen molar-refractivity contribution in [2.45, 2.75) is 0 Å². The van der Waals surface area contributed by atoms with Gasteiger partial charge in [-0.15, -0.1) is 0 Å². The molecular weight excluding hydrogens is 366 g/mol. The van der Waals surface area contributed by atoms with Crippen molar-refractivity contribution in [3.63, 3.8) is 0 Å². The van der Waals surface area contributed by atoms with E-state index in [2.05, 4.69) is 31.2 Å². The Morgan fingerprint density at radius 3 is 2.55 bits per heavy atom. The average molecular weight is 385 g/mol. The lowest BCUT2D eigenvalue weighted by atomic mass is 10.2. The van der Waals surface area contributed by atoms with Gasteiger partial charge in [-0.2, -0.15) is 5.26 Å². The van der Waals surface area contributed by atoms with Gasteiger partial charge in [-0.3, -0.25) is 4.79 Å². The molecule has 1 aromatic carbocycles. The molecule has 0 spiro atoms. The van der Waals surface area contributed by atoms with Crippen LogP contribution in [0.5, 0.6) is 0 Å². The fourth-order valence-electron chi connectivity index (χ4n) is 3.21. The minimum absolute atomic E-state index is 0.135. The van der Waals surface area contributed by atoms with Crippen LogP contribution in [0, 0.1) is 11.3 Å². The van der Waals surface area contributed by atoms with E-state index in [0.29, 0.717) is 48.9 Å². The number of para-hydroxylation sites is 1. The van der Waals surface area contributed by atoms with Crippen LogP contribution >= 0.6 is 0 Å². The molecule has 0 saturated carbocycles. The first-order chi connectivity index (χ1) is 14.2. The molecule has 0 radical (unpaired) electrons. The second kappa shape index (κ2) is 8.35. The number of aromatic nitrogens is 3. The second-order valence-electron chi connectivity index (χ2n) is 6.54. The van der Waals surface area contributed by atoms with Crippen molar-refractivity contribution >= 4 is 23.2 Å². The van der Waals surface area contributed by atoms with Crippen LogP contribution in [-0.4, -0.2) is 51.9 Å². The standard InChI is InChI=1S/C21H19N7O/c22-14-16-5-1-2-6-17(16)26-19-13-18(24-15-25-19)21(29)28-11-9-27(10-12-28)20-7-3-4-8-23-20/h1-8,13,15H,9-12H2,(H,24,25,26). The van der Waals surface area contributed by atoms with E-state index >= 15 is 0 Å². The first-order valence-corrected chi connectivity index (χ1v) is 9.28. The fourth-order valence-corrected chi connectivity index (χ4v) is 3.21. The maximum absolute atomic E-state index is 12.9. The minimum atomic E-state index is -0.135. The van der Waals surface area contributed by atoms with Crippen molar-refractivity contribution in [3.05, 3.63) is 72.3 Å². The number of carbonyl (C=O) groups excluding carboxylic acids is 1. The Morgan fingerprint density at radius 1 is 1.00 bits per heavy atom. The molecule has 1 saturated heterocycles. The number of nitrogens with zero attached hydrogens (tertiary/aromatic N) is 6. The molecule has 1 amide bonds. The molecule has 1 aliphatic heterocycles. The molecule has 8 heteroatoms. The zero-order valence-corrected chi connectivity index (χ0v) is 15.7. The summed E-state index contributed by atoms with van der Waals surface area (Å²) in [7, 11) is 0. The molecule has 0 unspecified atom stereocenters. The number of benzene rings is 1. The Balaban J connectivity index is 1.43. The van der Waals surface area contributed by atoms with E-state index in [9.17, 15) is 10.1 Å². The maximum atomic E-state index is 12.9. The number of amides is 1. The summed E-state index contributed by atoms with van der Waals surface area (Å²) in [6.45, 7) is 2.63. The molecule has 0 bridgehead atoms. The Kier molecular flexibility index (Phi) is 5.29. The van der Waals surface area contributed by atoms with Crippen LogP contribution in [0.25, 0.3) is 0 Å². The quantitative estimate of drug-likeness (QED) is 0.736. The van der Waals surface area contributed by atoms with Gasteiger partial charge in [-0.25, -0.2) is 15.0 Å². The summed E-state index contributed by atoms with van der Waals surface area (Å²) in [5.74, 6) is 1.26. The van der Waals surface area contributed by atoms with E-state index in [4.69, 9.17) is 0 Å². The number of rotatable bonds is 4. The van der Waals surface area contributed by atoms with E-state index in [0.717, 1.165) is 5.82 Å². The summed E-state index contributed by atoms with van der Waals surface area (Å²) in [5.41, 5.74) is 1.46. The third-order valence-electron chi connectivity index (χ3n) is 4.74. The summed E-state index contributed by atoms with van der Waals surface area (Å²) in [5, 5.41) is 12.3. The molecule has 144 valence electrons. The Hall–Kier alpha value is -3.99. The molecule has 0 aliphatic carbocycles. The molecule has 0 atom stereocenters. The van der Waals surface area contributed by atoms with Crippen LogP contribution in [-0.2, 0) is 0 Å². The van der Waals surface area contributed by atoms with Gasteiger partial charge in [0, 0.05) is 38.4 Å². The van der Waals surface area contributed by atoms with Gasteiger partial charge in [0.15, 0.2) is 0 Å². The van der Waals surface area contributed by atoms with Crippen molar-refractivity contribution in [1.29, 1.82) is 5.26 Å². The summed E-state index contributed by atoms with van der Waals surface area (Å²) in [4.78, 5) is 29.5. The lowest BCUT2D eigenvalue weighted by Gasteiger charge is -2.35. The van der Waals surface area contributed by atoms with Gasteiger partial charge < -0.3 is 15.1 Å². The average Bonchev–Trinajstić information content (AvgIpc) is 2.80. The molecule has 4 rings (SSSR count). The number of piperazine rings is 1. The van der Waals surface area contributed by atoms with Crippen molar-refractivity contribution in [3.8, 4) is 6.07 Å². The number of hydrogen-bond acceptors (Lipinski definition) is 7. The predicted octanol–water partition coefficient (Wildman–Crippen LogP) is 2.45. The summed E-state index contributed by atoms with van der Waals surface area (Å²) in [6.07, 6.45) is 3.13. The Morgan fingerprint density at radius 2 is 1.79 bits per heavy atom. The molecule has 3 heterocycles. The molecular formula is C21H19N7O. The topological polar surface area (TPSA) is 98.0 Å². The number of nitriles is 1. The van der Waals surface area contributed by atoms with Crippen LogP contribution in [0.1, 0.15) is 16.1 Å². The number of pyridine rings is 1. The number of carbonyl (C=O) groups is 1. The summed E-state index contributed by atoms with van der Waals surface area (Å²) >= 11 is 0. The van der Waals surface area contributed by atoms with Gasteiger partial charge in [0.05, 0.1) is 11.3 Å². The summed E-state index contributed by atoms with van der Waals surface area (Å²) < 4.78 is 0. The van der Waals surface area contributed by atoms with Crippen LogP contribution < -0.4 is 10.2 Å². The van der Waals surface area contributed by atoms with Crippen LogP contribution in [0.2, 0.25) is 0 Å². The van der Waals surface area contributed by atoms with Gasteiger partial charge in [0.1, 0.15) is 29.7 Å². The first-order valence-electron chi connectivity index (χ1n) is 9.28. The lowest BCUT2D eigenvalue weighted by Crippen LogP contribution is -2.49. The predicted molar refractivity (Wildman–Crippen MR) is 109 cm³/mol. The van der Waals surface area contributed by atoms with Crippen molar-refractivity contribution in [2.75, 3.05) is 36.4 Å². The smallest absolute Gasteiger partial charge is 0.272 e. The van der Waals surface area contributed by atoms with Gasteiger partial charge >= 0.3 is 0 Å². The van der Waals surface area contributed by atoms with E-state index in [-0.39, 0.29) is 5.91 Å². The third kappa shape index (κ3) is 4.14. The van der Waals surface area contributed by atoms with Crippen molar-refractivity contribution in [1.82, 2.24) is 19.9 Å². The highest BCUT2D eigenvalue weighted by Gasteiger charge is 2.24. The van der Waals surface area contributed by atoms with E-state index in [1.54, 1.807) is 35.4 Å². The maximum Gasteiger partial charge on any atom is 0.272 e. The fraction of sp³-hybridized carbons (Fsp3) is 0.190. The molecule has 29 heavy (non-hydrogen) atoms. The Labute approximate surface area is 168 Å². The van der Waals surface area contributed by atoms with Gasteiger partial charge in [-0.05, 0) is 24.3 Å². The molecule has 8 nitrogen and oxygen atoms in total. The molecule has 2 aromatic heterocycles. The Bertz CT molecular complexity index is 1040. The van der Waals surface area contributed by atoms with E-state index in [1.807, 2.05) is 24.3 Å². The monoisotopic (exact) mass is 385 g/mol. The minimum Gasteiger partial charge on any atom is -0.353 e. The third-order valence-corrected chi connectivity index (χ3v) is 4.74. The highest BCUT2D eigenvalue weighted by atomic mass is 16.2. The van der Waals surface area contributed by atoms with Crippen LogP contribution in [0.4, 0.5) is 17.3 Å². The van der Waals surface area contributed by atoms with Crippen molar-refractivity contribution < 1.29 is 4.79 Å². The highest BCUT2D eigenvalue weighted by molar-refractivity contribution is 5.93. The van der Waals surface area contributed by atoms with Crippen LogP contribution in [0.3, 0.4) is 0 Å². The highest BCUT2D eigenvalue weighted by Crippen LogP contribution is 2.20. The lowest BCUT2D eigenvalue weighted by molar-refractivity contribution is 0.0740. The molecule has 1 fully saturated rings. The van der Waals surface area contributed by atoms with Gasteiger partial charge in [0.25, 0.3) is 5.91 Å². The SMILES string of the molecule is N#Cc1ccccc1Nc1cc(C(=O)N2CCN(c3ccccn3)CC2)ncn1. The molecule has 1 N–H and O–H groups in total. The van der Waals surface area contributed by atoms with E-state index in [1.165, 1.54) is 6.33 Å². The van der Waals surface area contributed by atoms with Gasteiger partial charge in [-0.1, -0.05) is 18.2 Å². The zero-order valence-electron chi connectivity index (χ0n) is 15.7. The van der Waals surface area contributed by atoms with Crippen LogP contribution in [0.15, 0.2) is 61.1 Å². The zero-order chi connectivity index (χ0) is 20.1. The largest absolute Gasteiger partial charge is 0.353 e. The second-order valence-corrected chi connectivity index (χ2v) is 6.54. The number of nitrogens with one attached hydrogen (secondary N) is 1. The molecule has 1 aliphatic rings. The van der Waals surface area contributed by atoms with E-state index < -0.39 is 0 Å². The number of anilines is 3. The van der Waals surface area contributed by atoms with Gasteiger partial charge in [0.2, 0.25) is 0 Å². The first kappa shape index (κ1) is 18.4. The number of hydrogen-bond donors (Lipinski definition) is 1. The molecule has 3 aromatic rings.